The van der Waals surface area contributed by atoms with Gasteiger partial charge in [0.15, 0.2) is 5.78 Å². The molecule has 0 aliphatic heterocycles. The van der Waals surface area contributed by atoms with E-state index in [0.717, 1.165) is 5.56 Å². The second kappa shape index (κ2) is 5.48. The molecular formula is C18H16N2O2. The lowest BCUT2D eigenvalue weighted by Crippen LogP contribution is -2.17. The van der Waals surface area contributed by atoms with Crippen molar-refractivity contribution >= 4 is 17.3 Å². The molecule has 0 unspecified atom stereocenters. The van der Waals surface area contributed by atoms with Crippen molar-refractivity contribution in [1.29, 1.82) is 0 Å². The fourth-order valence-electron chi connectivity index (χ4n) is 2.53. The van der Waals surface area contributed by atoms with Crippen LogP contribution in [-0.2, 0) is 0 Å². The Bertz CT molecular complexity index is 790. The first kappa shape index (κ1) is 14.1. The molecular weight excluding hydrogens is 276 g/mol. The molecule has 0 saturated heterocycles. The van der Waals surface area contributed by atoms with Crippen LogP contribution in [0.4, 0.5) is 0 Å². The first-order valence-corrected chi connectivity index (χ1v) is 6.98. The van der Waals surface area contributed by atoms with E-state index < -0.39 is 0 Å². The number of ketones is 1. The molecule has 1 N–H and O–H groups in total. The number of benzene rings is 2. The maximum absolute atomic E-state index is 12.7. The Morgan fingerprint density at radius 3 is 2.14 bits per heavy atom. The highest BCUT2D eigenvalue weighted by Crippen LogP contribution is 2.33. The van der Waals surface area contributed by atoms with E-state index in [1.165, 1.54) is 0 Å². The molecule has 0 aromatic heterocycles. The van der Waals surface area contributed by atoms with E-state index in [1.807, 2.05) is 30.3 Å². The molecule has 0 radical (unpaired) electrons. The van der Waals surface area contributed by atoms with Gasteiger partial charge < -0.3 is 10.1 Å². The lowest BCUT2D eigenvalue weighted by atomic mass is 9.99. The van der Waals surface area contributed by atoms with Gasteiger partial charge in [-0.25, -0.2) is 0 Å². The average Bonchev–Trinajstić information content (AvgIpc) is 2.78. The average molecular weight is 292 g/mol. The second-order valence-corrected chi connectivity index (χ2v) is 5.26. The first-order chi connectivity index (χ1) is 10.6. The van der Waals surface area contributed by atoms with Crippen LogP contribution in [0.2, 0.25) is 0 Å². The van der Waals surface area contributed by atoms with E-state index in [9.17, 15) is 9.90 Å². The SMILES string of the molecule is CN(C)N=C(C1=C(O)c2ccccc2C1=O)c1ccccc1. The van der Waals surface area contributed by atoms with Crippen LogP contribution in [0, 0.1) is 0 Å². The summed E-state index contributed by atoms with van der Waals surface area (Å²) < 4.78 is 0. The fourth-order valence-corrected chi connectivity index (χ4v) is 2.53. The molecule has 0 saturated carbocycles. The topological polar surface area (TPSA) is 52.9 Å². The van der Waals surface area contributed by atoms with Crippen LogP contribution in [0.3, 0.4) is 0 Å². The number of fused-ring (bicyclic) bond motifs is 1. The first-order valence-electron chi connectivity index (χ1n) is 6.98. The van der Waals surface area contributed by atoms with Crippen LogP contribution in [0.5, 0.6) is 0 Å². The summed E-state index contributed by atoms with van der Waals surface area (Å²) in [5.41, 5.74) is 2.59. The number of hydrogen-bond donors (Lipinski definition) is 1. The molecule has 3 rings (SSSR count). The monoisotopic (exact) mass is 292 g/mol. The summed E-state index contributed by atoms with van der Waals surface area (Å²) in [5.74, 6) is -0.206. The molecule has 1 aliphatic rings. The van der Waals surface area contributed by atoms with Crippen molar-refractivity contribution in [2.45, 2.75) is 0 Å². The van der Waals surface area contributed by atoms with Crippen molar-refractivity contribution in [3.05, 3.63) is 76.9 Å². The Hall–Kier alpha value is -2.88. The summed E-state index contributed by atoms with van der Waals surface area (Å²) in [6.07, 6.45) is 0. The Kier molecular flexibility index (Phi) is 3.51. The quantitative estimate of drug-likeness (QED) is 0.698. The largest absolute Gasteiger partial charge is 0.506 e. The van der Waals surface area contributed by atoms with E-state index in [4.69, 9.17) is 0 Å². The fraction of sp³-hybridized carbons (Fsp3) is 0.111. The van der Waals surface area contributed by atoms with Crippen molar-refractivity contribution in [2.24, 2.45) is 5.10 Å². The summed E-state index contributed by atoms with van der Waals surface area (Å²) in [7, 11) is 3.57. The van der Waals surface area contributed by atoms with Gasteiger partial charge in [-0.2, -0.15) is 5.10 Å². The number of hydrogen-bond acceptors (Lipinski definition) is 4. The standard InChI is InChI=1S/C18H16N2O2/c1-20(2)19-16(12-8-4-3-5-9-12)15-17(21)13-10-6-7-11-14(13)18(15)22/h3-11,21H,1-2H3. The minimum absolute atomic E-state index is 0.00921. The van der Waals surface area contributed by atoms with Crippen molar-refractivity contribution in [3.8, 4) is 0 Å². The molecule has 2 aromatic rings. The van der Waals surface area contributed by atoms with E-state index in [-0.39, 0.29) is 17.1 Å². The number of Topliss-reactive ketones (excluding diaryl/α,β-unsaturated/α-hetero) is 1. The third-order valence-electron chi connectivity index (χ3n) is 3.47. The van der Waals surface area contributed by atoms with Gasteiger partial charge in [-0.05, 0) is 0 Å². The molecule has 4 heteroatoms. The number of aliphatic hydroxyl groups excluding tert-OH is 1. The number of hydrazone groups is 1. The van der Waals surface area contributed by atoms with Crippen molar-refractivity contribution in [2.75, 3.05) is 14.1 Å². The molecule has 0 amide bonds. The second-order valence-electron chi connectivity index (χ2n) is 5.26. The number of carbonyl (C=O) groups excluding carboxylic acids is 1. The van der Waals surface area contributed by atoms with Gasteiger partial charge in [0.1, 0.15) is 11.5 Å². The molecule has 0 heterocycles. The normalized spacial score (nSPS) is 14.3. The predicted octanol–water partition coefficient (Wildman–Crippen LogP) is 3.12. The Balaban J connectivity index is 2.19. The molecule has 0 fully saturated rings. The molecule has 2 aromatic carbocycles. The zero-order valence-electron chi connectivity index (χ0n) is 12.4. The van der Waals surface area contributed by atoms with Crippen LogP contribution in [0.1, 0.15) is 21.5 Å². The smallest absolute Gasteiger partial charge is 0.199 e. The van der Waals surface area contributed by atoms with Gasteiger partial charge >= 0.3 is 0 Å². The highest BCUT2D eigenvalue weighted by atomic mass is 16.3. The van der Waals surface area contributed by atoms with Gasteiger partial charge in [0.05, 0.1) is 5.57 Å². The lowest BCUT2D eigenvalue weighted by molar-refractivity contribution is 0.104. The zero-order valence-corrected chi connectivity index (χ0v) is 12.4. The van der Waals surface area contributed by atoms with Gasteiger partial charge in [0.2, 0.25) is 0 Å². The number of allylic oxidation sites excluding steroid dienone is 1. The zero-order chi connectivity index (χ0) is 15.7. The number of rotatable bonds is 3. The van der Waals surface area contributed by atoms with Crippen molar-refractivity contribution in [3.63, 3.8) is 0 Å². The summed E-state index contributed by atoms with van der Waals surface area (Å²) in [6.45, 7) is 0. The Morgan fingerprint density at radius 2 is 1.55 bits per heavy atom. The maximum Gasteiger partial charge on any atom is 0.199 e. The van der Waals surface area contributed by atoms with E-state index in [0.29, 0.717) is 16.8 Å². The van der Waals surface area contributed by atoms with Crippen LogP contribution in [-0.4, -0.2) is 35.7 Å². The van der Waals surface area contributed by atoms with Gasteiger partial charge in [-0.15, -0.1) is 0 Å². The minimum atomic E-state index is -0.197. The summed E-state index contributed by atoms with van der Waals surface area (Å²) in [4.78, 5) is 12.7. The third-order valence-corrected chi connectivity index (χ3v) is 3.47. The molecule has 4 nitrogen and oxygen atoms in total. The molecule has 22 heavy (non-hydrogen) atoms. The Labute approximate surface area is 129 Å². The van der Waals surface area contributed by atoms with Crippen molar-refractivity contribution < 1.29 is 9.90 Å². The van der Waals surface area contributed by atoms with E-state index in [1.54, 1.807) is 43.4 Å². The van der Waals surface area contributed by atoms with Gasteiger partial charge in [-0.3, -0.25) is 4.79 Å². The van der Waals surface area contributed by atoms with Crippen molar-refractivity contribution in [1.82, 2.24) is 5.01 Å². The third kappa shape index (κ3) is 2.29. The highest BCUT2D eigenvalue weighted by molar-refractivity contribution is 6.39. The molecule has 0 bridgehead atoms. The minimum Gasteiger partial charge on any atom is -0.506 e. The summed E-state index contributed by atoms with van der Waals surface area (Å²) in [5, 5.41) is 16.6. The Morgan fingerprint density at radius 1 is 0.955 bits per heavy atom. The molecule has 0 spiro atoms. The number of carbonyl (C=O) groups is 1. The van der Waals surface area contributed by atoms with Gasteiger partial charge in [0, 0.05) is 30.8 Å². The maximum atomic E-state index is 12.7. The molecule has 110 valence electrons. The number of aliphatic hydroxyl groups is 1. The van der Waals surface area contributed by atoms with Gasteiger partial charge in [-0.1, -0.05) is 54.6 Å². The van der Waals surface area contributed by atoms with E-state index in [2.05, 4.69) is 5.10 Å². The van der Waals surface area contributed by atoms with Crippen LogP contribution >= 0.6 is 0 Å². The van der Waals surface area contributed by atoms with E-state index >= 15 is 0 Å². The summed E-state index contributed by atoms with van der Waals surface area (Å²) >= 11 is 0. The lowest BCUT2D eigenvalue weighted by Gasteiger charge is -2.12. The van der Waals surface area contributed by atoms with Crippen LogP contribution < -0.4 is 0 Å². The van der Waals surface area contributed by atoms with Crippen LogP contribution in [0.15, 0.2) is 65.3 Å². The molecule has 0 atom stereocenters. The summed E-state index contributed by atoms with van der Waals surface area (Å²) in [6, 6.07) is 16.5. The van der Waals surface area contributed by atoms with Gasteiger partial charge in [0.25, 0.3) is 0 Å². The predicted molar refractivity (Wildman–Crippen MR) is 87.0 cm³/mol. The van der Waals surface area contributed by atoms with Crippen LogP contribution in [0.25, 0.3) is 5.76 Å². The number of nitrogens with zero attached hydrogens (tertiary/aromatic N) is 2. The highest BCUT2D eigenvalue weighted by Gasteiger charge is 2.33. The molecule has 1 aliphatic carbocycles.